The summed E-state index contributed by atoms with van der Waals surface area (Å²) in [5, 5.41) is 0. The second kappa shape index (κ2) is 2.78. The van der Waals surface area contributed by atoms with Crippen molar-refractivity contribution < 1.29 is 0 Å². The fourth-order valence-electron chi connectivity index (χ4n) is 1.03. The fourth-order valence-corrected chi connectivity index (χ4v) is 1.17. The molecule has 0 bridgehead atoms. The molecule has 0 aromatic carbocycles. The van der Waals surface area contributed by atoms with E-state index in [1.165, 1.54) is 12.8 Å². The van der Waals surface area contributed by atoms with Gasteiger partial charge in [0.2, 0.25) is 0 Å². The highest BCUT2D eigenvalue weighted by Gasteiger charge is 2.26. The van der Waals surface area contributed by atoms with Crippen molar-refractivity contribution in [1.29, 1.82) is 0 Å². The van der Waals surface area contributed by atoms with Crippen LogP contribution < -0.4 is 0 Å². The quantitative estimate of drug-likeness (QED) is 0.632. The Balaban J connectivity index is 2.26. The lowest BCUT2D eigenvalue weighted by molar-refractivity contribution is 0.901. The topological polar surface area (TPSA) is 25.8 Å². The lowest BCUT2D eigenvalue weighted by atomic mass is 10.3. The molecule has 1 fully saturated rings. The Morgan fingerprint density at radius 2 is 2.36 bits per heavy atom. The van der Waals surface area contributed by atoms with Crippen LogP contribution in [0.25, 0.3) is 0 Å². The minimum atomic E-state index is 0.488. The number of hydrogen-bond acceptors (Lipinski definition) is 2. The van der Waals surface area contributed by atoms with Gasteiger partial charge in [-0.2, -0.15) is 0 Å². The molecule has 1 aromatic heterocycles. The minimum Gasteiger partial charge on any atom is -0.241 e. The molecule has 0 radical (unpaired) electrons. The molecule has 0 spiro atoms. The molecular weight excluding hydrogens is 160 g/mol. The van der Waals surface area contributed by atoms with Gasteiger partial charge in [0.15, 0.2) is 0 Å². The van der Waals surface area contributed by atoms with E-state index in [1.54, 1.807) is 6.20 Å². The maximum atomic E-state index is 5.63. The van der Waals surface area contributed by atoms with Crippen molar-refractivity contribution in [2.75, 3.05) is 0 Å². The highest BCUT2D eigenvalue weighted by molar-refractivity contribution is 6.16. The molecule has 0 N–H and O–H groups in total. The van der Waals surface area contributed by atoms with E-state index in [9.17, 15) is 0 Å². The third kappa shape index (κ3) is 1.51. The van der Waals surface area contributed by atoms with Crippen molar-refractivity contribution in [2.45, 2.75) is 24.6 Å². The van der Waals surface area contributed by atoms with Gasteiger partial charge in [0, 0.05) is 12.1 Å². The van der Waals surface area contributed by atoms with Gasteiger partial charge in [0.1, 0.15) is 5.82 Å². The van der Waals surface area contributed by atoms with E-state index >= 15 is 0 Å². The van der Waals surface area contributed by atoms with E-state index < -0.39 is 0 Å². The number of nitrogens with zero attached hydrogens (tertiary/aromatic N) is 2. The van der Waals surface area contributed by atoms with Gasteiger partial charge in [-0.1, -0.05) is 0 Å². The van der Waals surface area contributed by atoms with Gasteiger partial charge in [-0.25, -0.2) is 9.97 Å². The van der Waals surface area contributed by atoms with Gasteiger partial charge in [-0.3, -0.25) is 0 Å². The Hall–Kier alpha value is -0.630. The average Bonchev–Trinajstić information content (AvgIpc) is 2.87. The van der Waals surface area contributed by atoms with Crippen LogP contribution in [0.3, 0.4) is 0 Å². The molecule has 2 nitrogen and oxygen atoms in total. The summed E-state index contributed by atoms with van der Waals surface area (Å²) in [5.41, 5.74) is 0.934. The van der Waals surface area contributed by atoms with E-state index in [-0.39, 0.29) is 0 Å². The van der Waals surface area contributed by atoms with E-state index in [1.807, 2.05) is 6.07 Å². The summed E-state index contributed by atoms with van der Waals surface area (Å²) in [7, 11) is 0. The summed E-state index contributed by atoms with van der Waals surface area (Å²) in [6.45, 7) is 0. The maximum Gasteiger partial charge on any atom is 0.131 e. The molecule has 0 atom stereocenters. The normalized spacial score (nSPS) is 16.8. The molecule has 0 unspecified atom stereocenters. The maximum absolute atomic E-state index is 5.63. The van der Waals surface area contributed by atoms with Crippen molar-refractivity contribution in [2.24, 2.45) is 0 Å². The van der Waals surface area contributed by atoms with Crippen LogP contribution in [0.15, 0.2) is 12.3 Å². The summed E-state index contributed by atoms with van der Waals surface area (Å²) >= 11 is 5.63. The van der Waals surface area contributed by atoms with Crippen molar-refractivity contribution in [3.05, 3.63) is 23.8 Å². The molecule has 3 heteroatoms. The molecule has 1 aromatic rings. The van der Waals surface area contributed by atoms with Crippen LogP contribution in [0.5, 0.6) is 0 Å². The lowest BCUT2D eigenvalue weighted by Crippen LogP contribution is -1.94. The Bertz CT molecular complexity index is 258. The zero-order valence-corrected chi connectivity index (χ0v) is 6.88. The minimum absolute atomic E-state index is 0.488. The van der Waals surface area contributed by atoms with Crippen LogP contribution in [0, 0.1) is 0 Å². The van der Waals surface area contributed by atoms with Crippen LogP contribution in [0.1, 0.15) is 30.3 Å². The van der Waals surface area contributed by atoms with Crippen LogP contribution in [0.2, 0.25) is 0 Å². The third-order valence-electron chi connectivity index (χ3n) is 1.81. The van der Waals surface area contributed by atoms with E-state index in [2.05, 4.69) is 9.97 Å². The van der Waals surface area contributed by atoms with E-state index in [4.69, 9.17) is 11.6 Å². The van der Waals surface area contributed by atoms with Crippen molar-refractivity contribution in [3.8, 4) is 0 Å². The summed E-state index contributed by atoms with van der Waals surface area (Å²) in [4.78, 5) is 8.49. The third-order valence-corrected chi connectivity index (χ3v) is 2.09. The standard InChI is InChI=1S/C8H9ClN2/c9-5-7-3-4-10-8(11-7)6-1-2-6/h3-4,6H,1-2,5H2. The van der Waals surface area contributed by atoms with Gasteiger partial charge in [0.05, 0.1) is 11.6 Å². The van der Waals surface area contributed by atoms with Gasteiger partial charge in [-0.15, -0.1) is 11.6 Å². The van der Waals surface area contributed by atoms with E-state index in [0.717, 1.165) is 11.5 Å². The summed E-state index contributed by atoms with van der Waals surface area (Å²) in [5.74, 6) is 2.09. The van der Waals surface area contributed by atoms with Crippen LogP contribution >= 0.6 is 11.6 Å². The molecule has 0 amide bonds. The molecule has 0 aliphatic heterocycles. The Morgan fingerprint density at radius 3 is 3.00 bits per heavy atom. The molecule has 0 saturated heterocycles. The van der Waals surface area contributed by atoms with Crippen molar-refractivity contribution in [3.63, 3.8) is 0 Å². The largest absolute Gasteiger partial charge is 0.241 e. The van der Waals surface area contributed by atoms with Crippen molar-refractivity contribution >= 4 is 11.6 Å². The summed E-state index contributed by atoms with van der Waals surface area (Å²) < 4.78 is 0. The SMILES string of the molecule is ClCc1ccnc(C2CC2)n1. The first-order chi connectivity index (χ1) is 5.40. The smallest absolute Gasteiger partial charge is 0.131 e. The molecule has 11 heavy (non-hydrogen) atoms. The molecule has 1 aliphatic rings. The Labute approximate surface area is 70.6 Å². The number of halogens is 1. The molecule has 2 rings (SSSR count). The molecular formula is C8H9ClN2. The van der Waals surface area contributed by atoms with Crippen LogP contribution in [-0.4, -0.2) is 9.97 Å². The van der Waals surface area contributed by atoms with E-state index in [0.29, 0.717) is 11.8 Å². The Kier molecular flexibility index (Phi) is 1.78. The molecule has 1 saturated carbocycles. The van der Waals surface area contributed by atoms with Crippen LogP contribution in [-0.2, 0) is 5.88 Å². The molecule has 1 heterocycles. The highest BCUT2D eigenvalue weighted by atomic mass is 35.5. The summed E-state index contributed by atoms with van der Waals surface area (Å²) in [6, 6.07) is 1.86. The lowest BCUT2D eigenvalue weighted by Gasteiger charge is -1.97. The Morgan fingerprint density at radius 1 is 1.55 bits per heavy atom. The highest BCUT2D eigenvalue weighted by Crippen LogP contribution is 2.37. The molecule has 58 valence electrons. The first-order valence-corrected chi connectivity index (χ1v) is 4.31. The molecule has 1 aliphatic carbocycles. The number of aromatic nitrogens is 2. The first kappa shape index (κ1) is 7.04. The monoisotopic (exact) mass is 168 g/mol. The number of rotatable bonds is 2. The average molecular weight is 169 g/mol. The van der Waals surface area contributed by atoms with Gasteiger partial charge in [0.25, 0.3) is 0 Å². The first-order valence-electron chi connectivity index (χ1n) is 3.78. The predicted octanol–water partition coefficient (Wildman–Crippen LogP) is 2.09. The predicted molar refractivity (Wildman–Crippen MR) is 43.6 cm³/mol. The number of hydrogen-bond donors (Lipinski definition) is 0. The second-order valence-electron chi connectivity index (χ2n) is 2.81. The zero-order chi connectivity index (χ0) is 7.68. The zero-order valence-electron chi connectivity index (χ0n) is 6.13. The second-order valence-corrected chi connectivity index (χ2v) is 3.08. The summed E-state index contributed by atoms with van der Waals surface area (Å²) in [6.07, 6.45) is 4.27. The number of alkyl halides is 1. The van der Waals surface area contributed by atoms with Crippen LogP contribution in [0.4, 0.5) is 0 Å². The van der Waals surface area contributed by atoms with Gasteiger partial charge >= 0.3 is 0 Å². The van der Waals surface area contributed by atoms with Crippen molar-refractivity contribution in [1.82, 2.24) is 9.97 Å². The van der Waals surface area contributed by atoms with Gasteiger partial charge in [-0.05, 0) is 18.9 Å². The van der Waals surface area contributed by atoms with Gasteiger partial charge < -0.3 is 0 Å². The fraction of sp³-hybridized carbons (Fsp3) is 0.500.